The van der Waals surface area contributed by atoms with Crippen LogP contribution in [-0.2, 0) is 14.4 Å². The van der Waals surface area contributed by atoms with E-state index in [1.807, 2.05) is 0 Å². The lowest BCUT2D eigenvalue weighted by atomic mass is 10.1. The Labute approximate surface area is 191 Å². The van der Waals surface area contributed by atoms with Gasteiger partial charge in [-0.3, -0.25) is 19.3 Å². The Morgan fingerprint density at radius 2 is 1.97 bits per heavy atom. The number of furan rings is 1. The van der Waals surface area contributed by atoms with Gasteiger partial charge in [-0.05, 0) is 36.8 Å². The van der Waals surface area contributed by atoms with Crippen LogP contribution in [0.25, 0.3) is 17.4 Å². The summed E-state index contributed by atoms with van der Waals surface area (Å²) in [5.74, 6) is -0.759. The summed E-state index contributed by atoms with van der Waals surface area (Å²) in [7, 11) is 0. The third-order valence-electron chi connectivity index (χ3n) is 4.16. The number of rotatable bonds is 8. The van der Waals surface area contributed by atoms with Gasteiger partial charge in [0.1, 0.15) is 28.0 Å². The van der Waals surface area contributed by atoms with Gasteiger partial charge in [0.05, 0.1) is 15.0 Å². The first-order valence-electron chi connectivity index (χ1n) is 8.78. The Balaban J connectivity index is 1.65. The molecule has 0 spiro atoms. The van der Waals surface area contributed by atoms with E-state index in [-0.39, 0.29) is 24.7 Å². The van der Waals surface area contributed by atoms with Gasteiger partial charge in [-0.25, -0.2) is 0 Å². The summed E-state index contributed by atoms with van der Waals surface area (Å²) < 4.78 is 6.17. The van der Waals surface area contributed by atoms with E-state index in [0.29, 0.717) is 37.2 Å². The number of ketones is 1. The molecule has 2 aromatic rings. The van der Waals surface area contributed by atoms with Crippen LogP contribution < -0.4 is 0 Å². The van der Waals surface area contributed by atoms with E-state index in [1.165, 1.54) is 4.90 Å². The molecule has 0 aliphatic carbocycles. The lowest BCUT2D eigenvalue weighted by molar-refractivity contribution is -0.140. The number of amides is 1. The van der Waals surface area contributed by atoms with Gasteiger partial charge < -0.3 is 9.52 Å². The van der Waals surface area contributed by atoms with Crippen molar-refractivity contribution >= 4 is 75.2 Å². The maximum Gasteiger partial charge on any atom is 0.310 e. The summed E-state index contributed by atoms with van der Waals surface area (Å²) in [5.41, 5.74) is 0.752. The quantitative estimate of drug-likeness (QED) is 0.310. The first kappa shape index (κ1) is 22.6. The van der Waals surface area contributed by atoms with Gasteiger partial charge in [-0.2, -0.15) is 0 Å². The molecular formula is C20H15Cl2NO5S2. The van der Waals surface area contributed by atoms with E-state index in [2.05, 4.69) is 0 Å². The van der Waals surface area contributed by atoms with Crippen LogP contribution in [0.2, 0.25) is 10.0 Å². The standard InChI is InChI=1S/C20H15Cl2NO5S2/c21-14-5-3-11(8-15(14)22)16-6-4-13(28-16)10-17-19(27)23(20(29)30-17)7-1-2-12(24)9-18(25)26/h3-6,8,10H,1-2,7,9H2,(H,25,26). The molecule has 0 atom stereocenters. The zero-order chi connectivity index (χ0) is 21.8. The van der Waals surface area contributed by atoms with E-state index in [9.17, 15) is 14.4 Å². The van der Waals surface area contributed by atoms with Crippen molar-refractivity contribution in [3.05, 3.63) is 51.0 Å². The van der Waals surface area contributed by atoms with Crippen molar-refractivity contribution in [2.24, 2.45) is 0 Å². The minimum Gasteiger partial charge on any atom is -0.481 e. The molecule has 1 N–H and O–H groups in total. The van der Waals surface area contributed by atoms with Crippen molar-refractivity contribution in [3.8, 4) is 11.3 Å². The van der Waals surface area contributed by atoms with Gasteiger partial charge in [0.2, 0.25) is 0 Å². The number of carbonyl (C=O) groups is 3. The second-order valence-corrected chi connectivity index (χ2v) is 8.87. The first-order chi connectivity index (χ1) is 14.2. The Hall–Kier alpha value is -2.13. The van der Waals surface area contributed by atoms with Crippen LogP contribution in [0.15, 0.2) is 39.7 Å². The van der Waals surface area contributed by atoms with Crippen molar-refractivity contribution in [1.29, 1.82) is 0 Å². The molecule has 10 heteroatoms. The van der Waals surface area contributed by atoms with Crippen molar-refractivity contribution in [1.82, 2.24) is 4.90 Å². The smallest absolute Gasteiger partial charge is 0.310 e. The van der Waals surface area contributed by atoms with Crippen LogP contribution in [0.4, 0.5) is 0 Å². The molecule has 1 aromatic carbocycles. The van der Waals surface area contributed by atoms with Crippen LogP contribution in [0.5, 0.6) is 0 Å². The number of carboxylic acids is 1. The van der Waals surface area contributed by atoms with Gasteiger partial charge in [0.15, 0.2) is 0 Å². The molecule has 2 heterocycles. The zero-order valence-corrected chi connectivity index (χ0v) is 18.5. The highest BCUT2D eigenvalue weighted by molar-refractivity contribution is 8.26. The van der Waals surface area contributed by atoms with Crippen molar-refractivity contribution < 1.29 is 23.9 Å². The number of aliphatic carboxylic acids is 1. The summed E-state index contributed by atoms with van der Waals surface area (Å²) in [4.78, 5) is 36.5. The van der Waals surface area contributed by atoms with E-state index < -0.39 is 12.4 Å². The third kappa shape index (κ3) is 5.51. The Morgan fingerprint density at radius 3 is 2.67 bits per heavy atom. The Bertz CT molecular complexity index is 1060. The fraction of sp³-hybridized carbons (Fsp3) is 0.200. The highest BCUT2D eigenvalue weighted by atomic mass is 35.5. The predicted molar refractivity (Wildman–Crippen MR) is 121 cm³/mol. The molecule has 1 fully saturated rings. The van der Waals surface area contributed by atoms with E-state index >= 15 is 0 Å². The van der Waals surface area contributed by atoms with E-state index in [4.69, 9.17) is 44.9 Å². The second-order valence-electron chi connectivity index (χ2n) is 6.38. The Morgan fingerprint density at radius 1 is 1.20 bits per heavy atom. The van der Waals surface area contributed by atoms with Crippen molar-refractivity contribution in [2.45, 2.75) is 19.3 Å². The molecule has 3 rings (SSSR count). The monoisotopic (exact) mass is 483 g/mol. The van der Waals surface area contributed by atoms with Crippen LogP contribution in [-0.4, -0.2) is 38.5 Å². The molecule has 1 aromatic heterocycles. The number of hydrogen-bond donors (Lipinski definition) is 1. The van der Waals surface area contributed by atoms with Gasteiger partial charge in [0, 0.05) is 24.6 Å². The summed E-state index contributed by atoms with van der Waals surface area (Å²) in [5, 5.41) is 9.47. The molecule has 1 aliphatic rings. The minimum absolute atomic E-state index is 0.0770. The number of nitrogens with zero attached hydrogens (tertiary/aromatic N) is 1. The van der Waals surface area contributed by atoms with Crippen LogP contribution in [0.3, 0.4) is 0 Å². The lowest BCUT2D eigenvalue weighted by Gasteiger charge is -2.13. The SMILES string of the molecule is O=C(O)CC(=O)CCCN1C(=O)C(=Cc2ccc(-c3ccc(Cl)c(Cl)c3)o2)SC1=S. The molecule has 0 bridgehead atoms. The third-order valence-corrected chi connectivity index (χ3v) is 6.28. The first-order valence-corrected chi connectivity index (χ1v) is 10.8. The number of hydrogen-bond acceptors (Lipinski definition) is 6. The average molecular weight is 484 g/mol. The maximum atomic E-state index is 12.6. The van der Waals surface area contributed by atoms with Gasteiger partial charge >= 0.3 is 5.97 Å². The number of benzene rings is 1. The molecule has 156 valence electrons. The number of thioether (sulfide) groups is 1. The molecule has 1 saturated heterocycles. The molecule has 0 unspecified atom stereocenters. The number of carbonyl (C=O) groups excluding carboxylic acids is 2. The lowest BCUT2D eigenvalue weighted by Crippen LogP contribution is -2.29. The molecule has 0 saturated carbocycles. The van der Waals surface area contributed by atoms with Crippen molar-refractivity contribution in [2.75, 3.05) is 6.54 Å². The zero-order valence-electron chi connectivity index (χ0n) is 15.4. The number of carboxylic acid groups (broad SMARTS) is 1. The minimum atomic E-state index is -1.16. The van der Waals surface area contributed by atoms with Crippen LogP contribution >= 0.6 is 47.2 Å². The van der Waals surface area contributed by atoms with Crippen LogP contribution in [0, 0.1) is 0 Å². The number of halogens is 2. The fourth-order valence-electron chi connectivity index (χ4n) is 2.75. The summed E-state index contributed by atoms with van der Waals surface area (Å²) in [6.45, 7) is 0.250. The summed E-state index contributed by atoms with van der Waals surface area (Å²) in [6.07, 6.45) is 1.51. The largest absolute Gasteiger partial charge is 0.481 e. The predicted octanol–water partition coefficient (Wildman–Crippen LogP) is 5.28. The molecule has 30 heavy (non-hydrogen) atoms. The van der Waals surface area contributed by atoms with Gasteiger partial charge in [0.25, 0.3) is 5.91 Å². The number of Topliss-reactive ketones (excluding diaryl/α,β-unsaturated/α-hetero) is 1. The fourth-order valence-corrected chi connectivity index (χ4v) is 4.34. The second kappa shape index (κ2) is 9.78. The summed E-state index contributed by atoms with van der Waals surface area (Å²) >= 11 is 18.4. The highest BCUT2D eigenvalue weighted by Crippen LogP contribution is 2.34. The maximum absolute atomic E-state index is 12.6. The molecule has 1 amide bonds. The van der Waals surface area contributed by atoms with E-state index in [0.717, 1.165) is 17.3 Å². The topological polar surface area (TPSA) is 87.8 Å². The Kier molecular flexibility index (Phi) is 7.36. The molecular weight excluding hydrogens is 469 g/mol. The average Bonchev–Trinajstić information content (AvgIpc) is 3.23. The highest BCUT2D eigenvalue weighted by Gasteiger charge is 2.32. The summed E-state index contributed by atoms with van der Waals surface area (Å²) in [6, 6.07) is 8.64. The van der Waals surface area contributed by atoms with Gasteiger partial charge in [-0.15, -0.1) is 0 Å². The van der Waals surface area contributed by atoms with Crippen molar-refractivity contribution in [3.63, 3.8) is 0 Å². The van der Waals surface area contributed by atoms with Gasteiger partial charge in [-0.1, -0.05) is 47.2 Å². The molecule has 1 aliphatic heterocycles. The van der Waals surface area contributed by atoms with E-state index in [1.54, 1.807) is 36.4 Å². The molecule has 0 radical (unpaired) electrons. The van der Waals surface area contributed by atoms with Crippen LogP contribution in [0.1, 0.15) is 25.0 Å². The number of thiocarbonyl (C=S) groups is 1. The molecule has 6 nitrogen and oxygen atoms in total. The normalized spacial score (nSPS) is 15.3.